The van der Waals surface area contributed by atoms with Crippen LogP contribution in [0.15, 0.2) is 83.6 Å². The van der Waals surface area contributed by atoms with E-state index in [9.17, 15) is 9.59 Å². The fourth-order valence-electron chi connectivity index (χ4n) is 5.02. The lowest BCUT2D eigenvalue weighted by Gasteiger charge is -2.28. The van der Waals surface area contributed by atoms with Gasteiger partial charge in [0.1, 0.15) is 17.2 Å². The molecule has 1 heterocycles. The number of halogens is 1. The van der Waals surface area contributed by atoms with Crippen LogP contribution in [-0.4, -0.2) is 47.7 Å². The second kappa shape index (κ2) is 11.7. The van der Waals surface area contributed by atoms with Crippen LogP contribution in [0.2, 0.25) is 0 Å². The van der Waals surface area contributed by atoms with Crippen LogP contribution in [-0.2, 0) is 11.2 Å². The van der Waals surface area contributed by atoms with Crippen LogP contribution >= 0.6 is 11.6 Å². The quantitative estimate of drug-likeness (QED) is 0.282. The van der Waals surface area contributed by atoms with Crippen LogP contribution in [0.1, 0.15) is 41.6 Å². The van der Waals surface area contributed by atoms with Crippen molar-refractivity contribution in [3.05, 3.63) is 89.8 Å². The normalized spacial score (nSPS) is 17.4. The van der Waals surface area contributed by atoms with E-state index in [0.717, 1.165) is 40.8 Å². The molecule has 0 bridgehead atoms. The Kier molecular flexibility index (Phi) is 7.94. The molecule has 3 aromatic carbocycles. The van der Waals surface area contributed by atoms with E-state index in [-0.39, 0.29) is 18.4 Å². The third kappa shape index (κ3) is 6.34. The van der Waals surface area contributed by atoms with Crippen molar-refractivity contribution in [3.8, 4) is 0 Å². The Labute approximate surface area is 228 Å². The minimum absolute atomic E-state index is 0.0124. The Hall–Kier alpha value is -3.84. The molecular weight excluding hydrogens is 498 g/mol. The molecule has 0 aromatic heterocycles. The van der Waals surface area contributed by atoms with E-state index in [0.29, 0.717) is 23.7 Å². The molecule has 1 aliphatic carbocycles. The molecule has 1 aliphatic heterocycles. The molecule has 2 aliphatic rings. The molecular formula is C30H32ClN5O2. The van der Waals surface area contributed by atoms with E-state index in [2.05, 4.69) is 20.9 Å². The molecule has 0 spiro atoms. The predicted octanol–water partition coefficient (Wildman–Crippen LogP) is 5.03. The Morgan fingerprint density at radius 3 is 2.55 bits per heavy atom. The summed E-state index contributed by atoms with van der Waals surface area (Å²) >= 11 is 6.39. The molecule has 7 nitrogen and oxygen atoms in total. The number of nitrogens with zero attached hydrogens (tertiary/aromatic N) is 2. The summed E-state index contributed by atoms with van der Waals surface area (Å²) in [5.74, 6) is 1.35. The summed E-state index contributed by atoms with van der Waals surface area (Å²) in [6, 6.07) is 21.6. The number of alkyl halides is 1. The minimum Gasteiger partial charge on any atom is -0.352 e. The fraction of sp³-hybridized carbons (Fsp3) is 0.300. The van der Waals surface area contributed by atoms with Crippen LogP contribution < -0.4 is 16.0 Å². The summed E-state index contributed by atoms with van der Waals surface area (Å²) in [4.78, 5) is 31.8. The van der Waals surface area contributed by atoms with E-state index in [1.165, 1.54) is 12.8 Å². The highest BCUT2D eigenvalue weighted by Crippen LogP contribution is 2.21. The lowest BCUT2D eigenvalue weighted by molar-refractivity contribution is -0.122. The number of nitrogens with one attached hydrogen (secondary N) is 3. The molecule has 3 N–H and O–H groups in total. The molecule has 38 heavy (non-hydrogen) atoms. The maximum atomic E-state index is 12.9. The molecule has 5 rings (SSSR count). The van der Waals surface area contributed by atoms with Gasteiger partial charge in [0.25, 0.3) is 5.91 Å². The van der Waals surface area contributed by atoms with Crippen molar-refractivity contribution in [2.24, 2.45) is 4.99 Å². The van der Waals surface area contributed by atoms with Crippen LogP contribution in [0.3, 0.4) is 0 Å². The number of anilines is 1. The van der Waals surface area contributed by atoms with Crippen molar-refractivity contribution in [1.29, 1.82) is 0 Å². The largest absolute Gasteiger partial charge is 0.352 e. The number of hydrogen-bond acceptors (Lipinski definition) is 5. The Balaban J connectivity index is 1.17. The van der Waals surface area contributed by atoms with Crippen molar-refractivity contribution < 1.29 is 9.59 Å². The van der Waals surface area contributed by atoms with Crippen LogP contribution in [0.25, 0.3) is 10.8 Å². The number of likely N-dealkylation sites (N-methyl/N-ethyl adjacent to an activating group) is 1. The van der Waals surface area contributed by atoms with E-state index in [4.69, 9.17) is 11.6 Å². The van der Waals surface area contributed by atoms with Crippen molar-refractivity contribution in [2.75, 3.05) is 18.9 Å². The lowest BCUT2D eigenvalue weighted by atomic mass is 10.0. The molecule has 1 fully saturated rings. The highest BCUT2D eigenvalue weighted by Gasteiger charge is 2.21. The first-order valence-corrected chi connectivity index (χ1v) is 13.5. The van der Waals surface area contributed by atoms with Gasteiger partial charge in [-0.1, -0.05) is 73.0 Å². The summed E-state index contributed by atoms with van der Waals surface area (Å²) in [5.41, 5.74) is 1.86. The molecule has 0 radical (unpaired) electrons. The van der Waals surface area contributed by atoms with Crippen molar-refractivity contribution in [2.45, 2.75) is 43.6 Å². The highest BCUT2D eigenvalue weighted by molar-refractivity contribution is 6.22. The van der Waals surface area contributed by atoms with E-state index < -0.39 is 5.50 Å². The Bertz CT molecular complexity index is 1370. The first-order valence-electron chi connectivity index (χ1n) is 13.0. The van der Waals surface area contributed by atoms with Gasteiger partial charge in [-0.05, 0) is 53.5 Å². The zero-order chi connectivity index (χ0) is 26.5. The summed E-state index contributed by atoms with van der Waals surface area (Å²) in [6.45, 7) is 0.247. The second-order valence-corrected chi connectivity index (χ2v) is 10.3. The number of hydrogen-bond donors (Lipinski definition) is 3. The number of aliphatic imine (C=N–C) groups is 1. The number of carbonyl (C=O) groups is 2. The summed E-state index contributed by atoms with van der Waals surface area (Å²) in [7, 11) is 1.87. The highest BCUT2D eigenvalue weighted by atomic mass is 35.5. The van der Waals surface area contributed by atoms with Gasteiger partial charge in [0.2, 0.25) is 5.91 Å². The van der Waals surface area contributed by atoms with Crippen molar-refractivity contribution in [1.82, 2.24) is 15.5 Å². The Morgan fingerprint density at radius 2 is 1.76 bits per heavy atom. The molecule has 1 atom stereocenters. The number of amidine groups is 1. The van der Waals surface area contributed by atoms with Crippen LogP contribution in [0.4, 0.5) is 5.69 Å². The number of fused-ring (bicyclic) bond motifs is 1. The van der Waals surface area contributed by atoms with Gasteiger partial charge in [0, 0.05) is 30.8 Å². The molecule has 8 heteroatoms. The van der Waals surface area contributed by atoms with Crippen LogP contribution in [0, 0.1) is 0 Å². The SMILES string of the molecule is CN(CC(=O)NC1CCCC1)C1=CC(Cl)N=C(Cc2ccc(NC(=O)c3cccc4ccccc34)cc2)N1. The molecule has 196 valence electrons. The molecule has 3 aromatic rings. The third-order valence-corrected chi connectivity index (χ3v) is 7.20. The van der Waals surface area contributed by atoms with Gasteiger partial charge in [-0.3, -0.25) is 9.59 Å². The third-order valence-electron chi connectivity index (χ3n) is 6.98. The molecule has 1 saturated carbocycles. The average molecular weight is 530 g/mol. The number of rotatable bonds is 8. The van der Waals surface area contributed by atoms with Gasteiger partial charge in [0.15, 0.2) is 0 Å². The predicted molar refractivity (Wildman–Crippen MR) is 153 cm³/mol. The first kappa shape index (κ1) is 25.8. The maximum absolute atomic E-state index is 12.9. The molecule has 2 amide bonds. The van der Waals surface area contributed by atoms with Gasteiger partial charge in [0.05, 0.1) is 6.54 Å². The molecule has 1 unspecified atom stereocenters. The van der Waals surface area contributed by atoms with Gasteiger partial charge < -0.3 is 20.9 Å². The summed E-state index contributed by atoms with van der Waals surface area (Å²) in [6.07, 6.45) is 6.82. The summed E-state index contributed by atoms with van der Waals surface area (Å²) < 4.78 is 0. The zero-order valence-electron chi connectivity index (χ0n) is 21.4. The minimum atomic E-state index is -0.513. The average Bonchev–Trinajstić information content (AvgIpc) is 3.42. The van der Waals surface area contributed by atoms with Gasteiger partial charge in [-0.15, -0.1) is 0 Å². The lowest BCUT2D eigenvalue weighted by Crippen LogP contribution is -2.44. The van der Waals surface area contributed by atoms with E-state index >= 15 is 0 Å². The smallest absolute Gasteiger partial charge is 0.256 e. The topological polar surface area (TPSA) is 85.8 Å². The first-order chi connectivity index (χ1) is 18.4. The van der Waals surface area contributed by atoms with Gasteiger partial charge in [-0.25, -0.2) is 4.99 Å². The number of benzene rings is 3. The number of carbonyl (C=O) groups excluding carboxylic acids is 2. The second-order valence-electron chi connectivity index (χ2n) is 9.88. The molecule has 0 saturated heterocycles. The standard InChI is InChI=1S/C30H32ClN5O2/c1-36(19-29(37)32-22-9-3-4-10-22)28-18-26(31)34-27(35-28)17-20-13-15-23(16-14-20)33-30(38)25-12-6-8-21-7-2-5-11-24(21)25/h2,5-8,11-16,18,22,26H,3-4,9-10,17,19H2,1H3,(H,32,37)(H,33,38)(H,34,35). The summed E-state index contributed by atoms with van der Waals surface area (Å²) in [5, 5.41) is 11.4. The van der Waals surface area contributed by atoms with E-state index in [1.54, 1.807) is 6.08 Å². The zero-order valence-corrected chi connectivity index (χ0v) is 22.2. The number of amides is 2. The van der Waals surface area contributed by atoms with Gasteiger partial charge in [-0.2, -0.15) is 0 Å². The van der Waals surface area contributed by atoms with Gasteiger partial charge >= 0.3 is 0 Å². The van der Waals surface area contributed by atoms with Crippen molar-refractivity contribution in [3.63, 3.8) is 0 Å². The fourth-order valence-corrected chi connectivity index (χ4v) is 5.25. The van der Waals surface area contributed by atoms with E-state index in [1.807, 2.05) is 78.7 Å². The van der Waals surface area contributed by atoms with Crippen molar-refractivity contribution >= 4 is 45.7 Å². The monoisotopic (exact) mass is 529 g/mol. The van der Waals surface area contributed by atoms with Crippen LogP contribution in [0.5, 0.6) is 0 Å². The maximum Gasteiger partial charge on any atom is 0.256 e. The Morgan fingerprint density at radius 1 is 1.03 bits per heavy atom.